The standard InChI is InChI=1S/C25H26N4O2/c1-3-28(17-18-7-5-4-6-8-18)24(30)16-22-25(19-9-11-21(31-2)12-10-19)27-23-15-20(26)13-14-29(22)23/h4-15H,3,16-17,26H2,1-2H3. The fourth-order valence-electron chi connectivity index (χ4n) is 3.70. The number of nitrogen functional groups attached to an aromatic ring is 1. The molecule has 0 spiro atoms. The lowest BCUT2D eigenvalue weighted by molar-refractivity contribution is -0.130. The van der Waals surface area contributed by atoms with Gasteiger partial charge in [0.15, 0.2) is 0 Å². The minimum absolute atomic E-state index is 0.0553. The molecule has 0 saturated heterocycles. The predicted octanol–water partition coefficient (Wildman–Crippen LogP) is 4.18. The van der Waals surface area contributed by atoms with Gasteiger partial charge in [-0.25, -0.2) is 4.98 Å². The molecule has 4 aromatic rings. The van der Waals surface area contributed by atoms with Crippen molar-refractivity contribution in [3.8, 4) is 17.0 Å². The van der Waals surface area contributed by atoms with Crippen molar-refractivity contribution in [2.45, 2.75) is 19.9 Å². The molecule has 0 aliphatic rings. The number of ether oxygens (including phenoxy) is 1. The first kappa shape index (κ1) is 20.5. The molecule has 0 atom stereocenters. The van der Waals surface area contributed by atoms with Crippen molar-refractivity contribution in [2.75, 3.05) is 19.4 Å². The molecule has 0 aliphatic heterocycles. The molecule has 2 aromatic carbocycles. The monoisotopic (exact) mass is 414 g/mol. The van der Waals surface area contributed by atoms with E-state index in [1.165, 1.54) is 0 Å². The van der Waals surface area contributed by atoms with Gasteiger partial charge in [0, 0.05) is 36.6 Å². The summed E-state index contributed by atoms with van der Waals surface area (Å²) < 4.78 is 7.22. The number of carbonyl (C=O) groups is 1. The van der Waals surface area contributed by atoms with Crippen LogP contribution in [0.15, 0.2) is 72.9 Å². The Bertz CT molecular complexity index is 1180. The van der Waals surface area contributed by atoms with Gasteiger partial charge in [-0.15, -0.1) is 0 Å². The van der Waals surface area contributed by atoms with Crippen molar-refractivity contribution in [2.24, 2.45) is 0 Å². The minimum Gasteiger partial charge on any atom is -0.497 e. The van der Waals surface area contributed by atoms with Crippen molar-refractivity contribution in [3.05, 3.63) is 84.2 Å². The van der Waals surface area contributed by atoms with Gasteiger partial charge in [0.05, 0.1) is 24.9 Å². The highest BCUT2D eigenvalue weighted by Gasteiger charge is 2.20. The summed E-state index contributed by atoms with van der Waals surface area (Å²) >= 11 is 0. The average Bonchev–Trinajstić information content (AvgIpc) is 3.15. The van der Waals surface area contributed by atoms with Crippen LogP contribution in [0.25, 0.3) is 16.9 Å². The number of anilines is 1. The highest BCUT2D eigenvalue weighted by molar-refractivity contribution is 5.82. The zero-order chi connectivity index (χ0) is 21.8. The van der Waals surface area contributed by atoms with Crippen LogP contribution in [0.4, 0.5) is 5.69 Å². The number of benzene rings is 2. The van der Waals surface area contributed by atoms with Crippen LogP contribution in [0.5, 0.6) is 5.75 Å². The number of carbonyl (C=O) groups excluding carboxylic acids is 1. The van der Waals surface area contributed by atoms with E-state index in [2.05, 4.69) is 0 Å². The number of aromatic nitrogens is 2. The zero-order valence-corrected chi connectivity index (χ0v) is 17.8. The lowest BCUT2D eigenvalue weighted by Gasteiger charge is -2.21. The predicted molar refractivity (Wildman–Crippen MR) is 123 cm³/mol. The van der Waals surface area contributed by atoms with E-state index >= 15 is 0 Å². The molecular weight excluding hydrogens is 388 g/mol. The average molecular weight is 415 g/mol. The Balaban J connectivity index is 1.70. The second-order valence-electron chi connectivity index (χ2n) is 7.39. The molecule has 31 heavy (non-hydrogen) atoms. The van der Waals surface area contributed by atoms with E-state index in [0.717, 1.165) is 33.9 Å². The lowest BCUT2D eigenvalue weighted by Crippen LogP contribution is -2.32. The van der Waals surface area contributed by atoms with Crippen LogP contribution in [-0.2, 0) is 17.8 Å². The van der Waals surface area contributed by atoms with Gasteiger partial charge in [0.2, 0.25) is 5.91 Å². The molecule has 0 fully saturated rings. The molecule has 0 bridgehead atoms. The quantitative estimate of drug-likeness (QED) is 0.492. The Kier molecular flexibility index (Phi) is 5.89. The van der Waals surface area contributed by atoms with Gasteiger partial charge in [-0.3, -0.25) is 4.79 Å². The Morgan fingerprint density at radius 1 is 1.10 bits per heavy atom. The summed E-state index contributed by atoms with van der Waals surface area (Å²) in [5.41, 5.74) is 11.0. The summed E-state index contributed by atoms with van der Waals surface area (Å²) in [7, 11) is 1.64. The van der Waals surface area contributed by atoms with E-state index in [-0.39, 0.29) is 12.3 Å². The number of likely N-dealkylation sites (N-methyl/N-ethyl adjacent to an activating group) is 1. The first-order valence-electron chi connectivity index (χ1n) is 10.3. The second kappa shape index (κ2) is 8.92. The van der Waals surface area contributed by atoms with Crippen molar-refractivity contribution in [1.29, 1.82) is 0 Å². The van der Waals surface area contributed by atoms with Crippen LogP contribution in [-0.4, -0.2) is 33.8 Å². The van der Waals surface area contributed by atoms with Gasteiger partial charge >= 0.3 is 0 Å². The Hall–Kier alpha value is -3.80. The van der Waals surface area contributed by atoms with Crippen LogP contribution in [0.2, 0.25) is 0 Å². The van der Waals surface area contributed by atoms with Crippen LogP contribution < -0.4 is 10.5 Å². The number of hydrogen-bond donors (Lipinski definition) is 1. The Morgan fingerprint density at radius 2 is 1.84 bits per heavy atom. The van der Waals surface area contributed by atoms with Crippen LogP contribution in [0.1, 0.15) is 18.2 Å². The SMILES string of the molecule is CCN(Cc1ccccc1)C(=O)Cc1c(-c2ccc(OC)cc2)nc2cc(N)ccn12. The molecule has 0 radical (unpaired) electrons. The highest BCUT2D eigenvalue weighted by Crippen LogP contribution is 2.28. The number of pyridine rings is 1. The summed E-state index contributed by atoms with van der Waals surface area (Å²) in [5.74, 6) is 0.828. The van der Waals surface area contributed by atoms with Gasteiger partial charge in [-0.1, -0.05) is 30.3 Å². The number of methoxy groups -OCH3 is 1. The maximum Gasteiger partial charge on any atom is 0.228 e. The molecule has 0 aliphatic carbocycles. The topological polar surface area (TPSA) is 72.9 Å². The maximum absolute atomic E-state index is 13.3. The molecule has 158 valence electrons. The van der Waals surface area contributed by atoms with Crippen LogP contribution in [0.3, 0.4) is 0 Å². The Labute approximate surface area is 181 Å². The van der Waals surface area contributed by atoms with E-state index in [0.29, 0.717) is 18.8 Å². The van der Waals surface area contributed by atoms with E-state index in [1.807, 2.05) is 89.2 Å². The summed E-state index contributed by atoms with van der Waals surface area (Å²) in [6, 6.07) is 21.4. The van der Waals surface area contributed by atoms with Gasteiger partial charge in [-0.2, -0.15) is 0 Å². The van der Waals surface area contributed by atoms with Crippen molar-refractivity contribution in [3.63, 3.8) is 0 Å². The first-order chi connectivity index (χ1) is 15.1. The van der Waals surface area contributed by atoms with Gasteiger partial charge in [-0.05, 0) is 42.8 Å². The molecule has 6 heteroatoms. The highest BCUT2D eigenvalue weighted by atomic mass is 16.5. The summed E-state index contributed by atoms with van der Waals surface area (Å²) in [6.45, 7) is 3.22. The summed E-state index contributed by atoms with van der Waals surface area (Å²) in [6.07, 6.45) is 2.12. The van der Waals surface area contributed by atoms with Crippen molar-refractivity contribution in [1.82, 2.24) is 14.3 Å². The number of nitrogens with two attached hydrogens (primary N) is 1. The molecule has 4 rings (SSSR count). The fraction of sp³-hybridized carbons (Fsp3) is 0.200. The minimum atomic E-state index is 0.0553. The molecular formula is C25H26N4O2. The molecule has 0 saturated carbocycles. The maximum atomic E-state index is 13.3. The summed E-state index contributed by atoms with van der Waals surface area (Å²) in [5, 5.41) is 0. The molecule has 6 nitrogen and oxygen atoms in total. The normalized spacial score (nSPS) is 10.9. The number of fused-ring (bicyclic) bond motifs is 1. The fourth-order valence-corrected chi connectivity index (χ4v) is 3.70. The second-order valence-corrected chi connectivity index (χ2v) is 7.39. The number of imidazole rings is 1. The third-order valence-corrected chi connectivity index (χ3v) is 5.38. The largest absolute Gasteiger partial charge is 0.497 e. The number of hydrogen-bond acceptors (Lipinski definition) is 4. The smallest absolute Gasteiger partial charge is 0.228 e. The molecule has 1 amide bonds. The molecule has 0 unspecified atom stereocenters. The number of nitrogens with zero attached hydrogens (tertiary/aromatic N) is 3. The number of rotatable bonds is 7. The van der Waals surface area contributed by atoms with Gasteiger partial charge in [0.25, 0.3) is 0 Å². The lowest BCUT2D eigenvalue weighted by atomic mass is 10.1. The van der Waals surface area contributed by atoms with E-state index in [4.69, 9.17) is 15.5 Å². The van der Waals surface area contributed by atoms with E-state index in [9.17, 15) is 4.79 Å². The van der Waals surface area contributed by atoms with Crippen molar-refractivity contribution < 1.29 is 9.53 Å². The van der Waals surface area contributed by atoms with Gasteiger partial charge in [0.1, 0.15) is 11.4 Å². The van der Waals surface area contributed by atoms with E-state index < -0.39 is 0 Å². The molecule has 2 heterocycles. The summed E-state index contributed by atoms with van der Waals surface area (Å²) in [4.78, 5) is 19.9. The molecule has 2 N–H and O–H groups in total. The zero-order valence-electron chi connectivity index (χ0n) is 17.8. The molecule has 2 aromatic heterocycles. The first-order valence-corrected chi connectivity index (χ1v) is 10.3. The van der Waals surface area contributed by atoms with Crippen molar-refractivity contribution >= 4 is 17.2 Å². The third kappa shape index (κ3) is 4.38. The van der Waals surface area contributed by atoms with E-state index in [1.54, 1.807) is 7.11 Å². The third-order valence-electron chi connectivity index (χ3n) is 5.38. The van der Waals surface area contributed by atoms with Crippen LogP contribution >= 0.6 is 0 Å². The van der Waals surface area contributed by atoms with Gasteiger partial charge < -0.3 is 19.8 Å². The van der Waals surface area contributed by atoms with Crippen LogP contribution in [0, 0.1) is 0 Å². The Morgan fingerprint density at radius 3 is 2.52 bits per heavy atom. The number of amides is 1.